The summed E-state index contributed by atoms with van der Waals surface area (Å²) in [5, 5.41) is 2.61. The van der Waals surface area contributed by atoms with Gasteiger partial charge in [0.25, 0.3) is 0 Å². The van der Waals surface area contributed by atoms with Gasteiger partial charge in [-0.3, -0.25) is 9.59 Å². The van der Waals surface area contributed by atoms with Crippen LogP contribution in [-0.2, 0) is 21.4 Å². The van der Waals surface area contributed by atoms with Crippen molar-refractivity contribution in [3.63, 3.8) is 0 Å². The van der Waals surface area contributed by atoms with Gasteiger partial charge in [-0.2, -0.15) is 0 Å². The number of hydrogen-bond donors (Lipinski definition) is 2. The summed E-state index contributed by atoms with van der Waals surface area (Å²) >= 11 is 0. The SMILES string of the molecule is O=C(CCC(=O)c1ccc(F)cc1)Nc1ccc(S(=O)(=O)NCc2ccco2)cc1. The lowest BCUT2D eigenvalue weighted by Crippen LogP contribution is -2.23. The molecule has 9 heteroatoms. The first-order chi connectivity index (χ1) is 14.3. The molecule has 0 unspecified atom stereocenters. The Morgan fingerprint density at radius 1 is 0.933 bits per heavy atom. The minimum Gasteiger partial charge on any atom is -0.468 e. The van der Waals surface area contributed by atoms with E-state index in [0.29, 0.717) is 17.0 Å². The lowest BCUT2D eigenvalue weighted by Gasteiger charge is -2.08. The Kier molecular flexibility index (Phi) is 6.76. The first kappa shape index (κ1) is 21.4. The molecule has 0 saturated carbocycles. The van der Waals surface area contributed by atoms with Gasteiger partial charge in [0, 0.05) is 24.1 Å². The summed E-state index contributed by atoms with van der Waals surface area (Å²) in [6, 6.07) is 14.1. The van der Waals surface area contributed by atoms with Gasteiger partial charge in [-0.05, 0) is 60.7 Å². The summed E-state index contributed by atoms with van der Waals surface area (Å²) in [6.45, 7) is 0.0237. The molecule has 156 valence electrons. The number of anilines is 1. The summed E-state index contributed by atoms with van der Waals surface area (Å²) in [6.07, 6.45) is 1.37. The van der Waals surface area contributed by atoms with Gasteiger partial charge in [0.2, 0.25) is 15.9 Å². The second-order valence-corrected chi connectivity index (χ2v) is 8.17. The largest absolute Gasteiger partial charge is 0.468 e. The number of benzene rings is 2. The average molecular weight is 430 g/mol. The number of furan rings is 1. The first-order valence-electron chi connectivity index (χ1n) is 9.04. The second-order valence-electron chi connectivity index (χ2n) is 6.41. The van der Waals surface area contributed by atoms with Crippen molar-refractivity contribution in [2.75, 3.05) is 5.32 Å². The highest BCUT2D eigenvalue weighted by molar-refractivity contribution is 7.89. The molecular formula is C21H19FN2O5S. The minimum atomic E-state index is -3.73. The zero-order valence-electron chi connectivity index (χ0n) is 15.8. The Morgan fingerprint density at radius 3 is 2.27 bits per heavy atom. The van der Waals surface area contributed by atoms with E-state index in [1.807, 2.05) is 0 Å². The number of sulfonamides is 1. The summed E-state index contributed by atoms with van der Waals surface area (Å²) in [7, 11) is -3.73. The van der Waals surface area contributed by atoms with E-state index in [-0.39, 0.29) is 30.1 Å². The van der Waals surface area contributed by atoms with E-state index in [0.717, 1.165) is 0 Å². The van der Waals surface area contributed by atoms with Crippen molar-refractivity contribution in [2.45, 2.75) is 24.3 Å². The van der Waals surface area contributed by atoms with Gasteiger partial charge in [-0.15, -0.1) is 0 Å². The standard InChI is InChI=1S/C21H19FN2O5S/c22-16-5-3-15(4-6-16)20(25)11-12-21(26)24-17-7-9-19(10-8-17)30(27,28)23-14-18-2-1-13-29-18/h1-10,13,23H,11-12,14H2,(H,24,26). The molecule has 0 spiro atoms. The Labute approximate surface area is 173 Å². The number of carbonyl (C=O) groups is 2. The number of Topliss-reactive ketones (excluding diaryl/α,β-unsaturated/α-hetero) is 1. The molecule has 0 bridgehead atoms. The highest BCUT2D eigenvalue weighted by Crippen LogP contribution is 2.15. The second kappa shape index (κ2) is 9.47. The maximum atomic E-state index is 12.9. The Bertz CT molecular complexity index is 1110. The summed E-state index contributed by atoms with van der Waals surface area (Å²) in [4.78, 5) is 24.1. The van der Waals surface area contributed by atoms with Gasteiger partial charge in [0.05, 0.1) is 17.7 Å². The van der Waals surface area contributed by atoms with Crippen LogP contribution in [0.4, 0.5) is 10.1 Å². The van der Waals surface area contributed by atoms with Crippen LogP contribution in [0.25, 0.3) is 0 Å². The van der Waals surface area contributed by atoms with Crippen molar-refractivity contribution in [1.82, 2.24) is 4.72 Å². The molecule has 30 heavy (non-hydrogen) atoms. The number of ketones is 1. The first-order valence-corrected chi connectivity index (χ1v) is 10.5. The van der Waals surface area contributed by atoms with Crippen LogP contribution >= 0.6 is 0 Å². The summed E-state index contributed by atoms with van der Waals surface area (Å²) in [5.41, 5.74) is 0.736. The van der Waals surface area contributed by atoms with Gasteiger partial charge in [-0.1, -0.05) is 0 Å². The summed E-state index contributed by atoms with van der Waals surface area (Å²) < 4.78 is 45.0. The van der Waals surface area contributed by atoms with Crippen molar-refractivity contribution < 1.29 is 26.8 Å². The van der Waals surface area contributed by atoms with Crippen LogP contribution in [0.1, 0.15) is 29.0 Å². The molecule has 0 aliphatic heterocycles. The minimum absolute atomic E-state index is 0.0237. The van der Waals surface area contributed by atoms with Gasteiger partial charge in [-0.25, -0.2) is 17.5 Å². The number of hydrogen-bond acceptors (Lipinski definition) is 5. The number of nitrogens with one attached hydrogen (secondary N) is 2. The van der Waals surface area contributed by atoms with Crippen LogP contribution in [0.2, 0.25) is 0 Å². The van der Waals surface area contributed by atoms with Crippen LogP contribution in [0, 0.1) is 5.82 Å². The van der Waals surface area contributed by atoms with Crippen molar-refractivity contribution in [1.29, 1.82) is 0 Å². The third kappa shape index (κ3) is 5.85. The Balaban J connectivity index is 1.51. The van der Waals surface area contributed by atoms with Gasteiger partial charge < -0.3 is 9.73 Å². The molecule has 7 nitrogen and oxygen atoms in total. The van der Waals surface area contributed by atoms with Crippen LogP contribution in [0.15, 0.2) is 76.2 Å². The molecule has 1 aromatic heterocycles. The van der Waals surface area contributed by atoms with Gasteiger partial charge >= 0.3 is 0 Å². The monoisotopic (exact) mass is 430 g/mol. The molecular weight excluding hydrogens is 411 g/mol. The fraction of sp³-hybridized carbons (Fsp3) is 0.143. The average Bonchev–Trinajstić information content (AvgIpc) is 3.25. The zero-order valence-corrected chi connectivity index (χ0v) is 16.6. The molecule has 0 saturated heterocycles. The lowest BCUT2D eigenvalue weighted by atomic mass is 10.1. The maximum absolute atomic E-state index is 12.9. The number of amides is 1. The number of carbonyl (C=O) groups excluding carboxylic acids is 2. The summed E-state index contributed by atoms with van der Waals surface area (Å²) in [5.74, 6) is -0.616. The quantitative estimate of drug-likeness (QED) is 0.506. The molecule has 0 fully saturated rings. The van der Waals surface area contributed by atoms with E-state index in [9.17, 15) is 22.4 Å². The third-order valence-corrected chi connectivity index (χ3v) is 5.63. The molecule has 2 N–H and O–H groups in total. The fourth-order valence-electron chi connectivity index (χ4n) is 2.61. The van der Waals surface area contributed by atoms with E-state index in [1.54, 1.807) is 12.1 Å². The van der Waals surface area contributed by atoms with Crippen LogP contribution in [0.5, 0.6) is 0 Å². The molecule has 0 atom stereocenters. The van der Waals surface area contributed by atoms with Gasteiger partial charge in [0.1, 0.15) is 11.6 Å². The molecule has 0 aliphatic carbocycles. The van der Waals surface area contributed by atoms with E-state index in [1.165, 1.54) is 54.8 Å². The fourth-order valence-corrected chi connectivity index (χ4v) is 3.60. The number of halogens is 1. The van der Waals surface area contributed by atoms with Crippen LogP contribution in [0.3, 0.4) is 0 Å². The molecule has 2 aromatic carbocycles. The van der Waals surface area contributed by atoms with Gasteiger partial charge in [0.15, 0.2) is 5.78 Å². The highest BCUT2D eigenvalue weighted by atomic mass is 32.2. The molecule has 0 aliphatic rings. The predicted octanol–water partition coefficient (Wildman–Crippen LogP) is 3.50. The Hall–Kier alpha value is -3.30. The Morgan fingerprint density at radius 2 is 1.63 bits per heavy atom. The highest BCUT2D eigenvalue weighted by Gasteiger charge is 2.15. The molecule has 0 radical (unpaired) electrons. The van der Waals surface area contributed by atoms with E-state index in [4.69, 9.17) is 4.42 Å². The molecule has 3 rings (SSSR count). The van der Waals surface area contributed by atoms with E-state index < -0.39 is 21.7 Å². The van der Waals surface area contributed by atoms with Crippen molar-refractivity contribution in [2.24, 2.45) is 0 Å². The molecule has 1 amide bonds. The topological polar surface area (TPSA) is 105 Å². The predicted molar refractivity (Wildman–Crippen MR) is 108 cm³/mol. The van der Waals surface area contributed by atoms with Crippen molar-refractivity contribution in [3.8, 4) is 0 Å². The van der Waals surface area contributed by atoms with Crippen LogP contribution in [-0.4, -0.2) is 20.1 Å². The smallest absolute Gasteiger partial charge is 0.240 e. The molecule has 3 aromatic rings. The number of rotatable bonds is 9. The third-order valence-electron chi connectivity index (χ3n) is 4.21. The molecule has 1 heterocycles. The maximum Gasteiger partial charge on any atom is 0.240 e. The van der Waals surface area contributed by atoms with Crippen LogP contribution < -0.4 is 10.0 Å². The zero-order chi connectivity index (χ0) is 21.6. The van der Waals surface area contributed by atoms with Crippen molar-refractivity contribution in [3.05, 3.63) is 84.1 Å². The van der Waals surface area contributed by atoms with E-state index in [2.05, 4.69) is 10.0 Å². The van der Waals surface area contributed by atoms with E-state index >= 15 is 0 Å². The normalized spacial score (nSPS) is 11.2. The van der Waals surface area contributed by atoms with Crippen molar-refractivity contribution >= 4 is 27.4 Å². The lowest BCUT2D eigenvalue weighted by molar-refractivity contribution is -0.116.